The molecule has 2 aliphatic rings. The summed E-state index contributed by atoms with van der Waals surface area (Å²) in [6, 6.07) is 6.38. The van der Waals surface area contributed by atoms with Crippen LogP contribution in [-0.2, 0) is 4.74 Å². The summed E-state index contributed by atoms with van der Waals surface area (Å²) < 4.78 is 16.2. The molecule has 0 amide bonds. The van der Waals surface area contributed by atoms with Crippen LogP contribution in [-0.4, -0.2) is 90.1 Å². The molecule has 2 aliphatic heterocycles. The van der Waals surface area contributed by atoms with E-state index in [4.69, 9.17) is 19.2 Å². The number of hydrogen-bond acceptors (Lipinski definition) is 6. The number of morpholine rings is 1. The molecule has 0 radical (unpaired) electrons. The van der Waals surface area contributed by atoms with Crippen LogP contribution in [0.15, 0.2) is 23.2 Å². The molecule has 0 aromatic heterocycles. The number of methoxy groups -OCH3 is 2. The van der Waals surface area contributed by atoms with Gasteiger partial charge in [0.05, 0.1) is 34.0 Å². The van der Waals surface area contributed by atoms with Crippen LogP contribution in [0.4, 0.5) is 5.69 Å². The van der Waals surface area contributed by atoms with Crippen molar-refractivity contribution in [2.75, 3.05) is 78.1 Å². The number of benzene rings is 1. The minimum atomic E-state index is 0. The normalized spacial score (nSPS) is 19.9. The number of hydrogen-bond donors (Lipinski definition) is 2. The average Bonchev–Trinajstić information content (AvgIpc) is 3.23. The van der Waals surface area contributed by atoms with E-state index in [-0.39, 0.29) is 24.0 Å². The molecule has 170 valence electrons. The van der Waals surface area contributed by atoms with Crippen LogP contribution in [0.25, 0.3) is 0 Å². The highest BCUT2D eigenvalue weighted by Crippen LogP contribution is 2.30. The van der Waals surface area contributed by atoms with Gasteiger partial charge in [0.25, 0.3) is 0 Å². The molecule has 1 atom stereocenters. The van der Waals surface area contributed by atoms with E-state index in [1.165, 1.54) is 0 Å². The monoisotopic (exact) mass is 533 g/mol. The molecule has 0 spiro atoms. The van der Waals surface area contributed by atoms with Crippen molar-refractivity contribution >= 4 is 35.6 Å². The van der Waals surface area contributed by atoms with Crippen molar-refractivity contribution in [3.05, 3.63) is 18.2 Å². The number of ether oxygens (including phenoxy) is 3. The summed E-state index contributed by atoms with van der Waals surface area (Å²) in [7, 11) is 3.37. The molecule has 30 heavy (non-hydrogen) atoms. The summed E-state index contributed by atoms with van der Waals surface area (Å²) in [5.74, 6) is 2.53. The van der Waals surface area contributed by atoms with Crippen LogP contribution < -0.4 is 25.0 Å². The first-order valence-corrected chi connectivity index (χ1v) is 10.5. The van der Waals surface area contributed by atoms with E-state index in [1.807, 2.05) is 6.07 Å². The van der Waals surface area contributed by atoms with E-state index >= 15 is 0 Å². The van der Waals surface area contributed by atoms with E-state index in [0.29, 0.717) is 6.04 Å². The second kappa shape index (κ2) is 13.1. The van der Waals surface area contributed by atoms with Crippen LogP contribution in [0.5, 0.6) is 11.5 Å². The number of aliphatic imine (C=N–C) groups is 1. The van der Waals surface area contributed by atoms with Crippen molar-refractivity contribution in [1.82, 2.24) is 15.5 Å². The second-order valence-electron chi connectivity index (χ2n) is 7.36. The lowest BCUT2D eigenvalue weighted by Gasteiger charge is -2.26. The van der Waals surface area contributed by atoms with Gasteiger partial charge in [0.2, 0.25) is 0 Å². The lowest BCUT2D eigenvalue weighted by Crippen LogP contribution is -2.45. The summed E-state index contributed by atoms with van der Waals surface area (Å²) in [6.07, 6.45) is 1.06. The summed E-state index contributed by atoms with van der Waals surface area (Å²) >= 11 is 0. The number of nitrogens with zero attached hydrogens (tertiary/aromatic N) is 3. The highest BCUT2D eigenvalue weighted by Gasteiger charge is 2.24. The molecule has 2 saturated heterocycles. The summed E-state index contributed by atoms with van der Waals surface area (Å²) in [6.45, 7) is 10.3. The highest BCUT2D eigenvalue weighted by atomic mass is 127. The van der Waals surface area contributed by atoms with E-state index in [0.717, 1.165) is 88.6 Å². The first kappa shape index (κ1) is 24.8. The minimum Gasteiger partial charge on any atom is -0.497 e. The Morgan fingerprint density at radius 3 is 2.47 bits per heavy atom. The van der Waals surface area contributed by atoms with Gasteiger partial charge in [-0.1, -0.05) is 0 Å². The van der Waals surface area contributed by atoms with Gasteiger partial charge in [0, 0.05) is 69.2 Å². The number of anilines is 1. The van der Waals surface area contributed by atoms with Gasteiger partial charge in [-0.15, -0.1) is 24.0 Å². The maximum Gasteiger partial charge on any atom is 0.191 e. The zero-order valence-corrected chi connectivity index (χ0v) is 20.7. The predicted molar refractivity (Wildman–Crippen MR) is 132 cm³/mol. The molecule has 0 saturated carbocycles. The van der Waals surface area contributed by atoms with Crippen LogP contribution >= 0.6 is 24.0 Å². The highest BCUT2D eigenvalue weighted by molar-refractivity contribution is 14.0. The second-order valence-corrected chi connectivity index (χ2v) is 7.36. The average molecular weight is 533 g/mol. The molecule has 2 heterocycles. The van der Waals surface area contributed by atoms with Crippen molar-refractivity contribution in [3.8, 4) is 11.5 Å². The molecule has 3 rings (SSSR count). The Kier molecular flexibility index (Phi) is 10.8. The molecule has 1 aromatic carbocycles. The molecule has 2 N–H and O–H groups in total. The fourth-order valence-electron chi connectivity index (χ4n) is 3.73. The van der Waals surface area contributed by atoms with Crippen molar-refractivity contribution in [3.63, 3.8) is 0 Å². The third kappa shape index (κ3) is 7.35. The van der Waals surface area contributed by atoms with E-state index in [2.05, 4.69) is 39.5 Å². The van der Waals surface area contributed by atoms with Crippen LogP contribution in [0, 0.1) is 0 Å². The smallest absolute Gasteiger partial charge is 0.191 e. The van der Waals surface area contributed by atoms with Gasteiger partial charge in [0.15, 0.2) is 5.96 Å². The number of guanidine groups is 1. The summed E-state index contributed by atoms with van der Waals surface area (Å²) in [4.78, 5) is 9.54. The van der Waals surface area contributed by atoms with Gasteiger partial charge in [-0.2, -0.15) is 0 Å². The molecule has 1 unspecified atom stereocenters. The molecule has 1 aromatic rings. The Labute approximate surface area is 197 Å². The molecular formula is C21H36IN5O3. The van der Waals surface area contributed by atoms with Gasteiger partial charge in [-0.3, -0.25) is 9.89 Å². The Hall–Kier alpha value is -1.46. The van der Waals surface area contributed by atoms with Crippen LogP contribution in [0.3, 0.4) is 0 Å². The van der Waals surface area contributed by atoms with Crippen molar-refractivity contribution < 1.29 is 14.2 Å². The van der Waals surface area contributed by atoms with Gasteiger partial charge >= 0.3 is 0 Å². The van der Waals surface area contributed by atoms with E-state index in [1.54, 1.807) is 14.2 Å². The third-order valence-electron chi connectivity index (χ3n) is 5.36. The van der Waals surface area contributed by atoms with Gasteiger partial charge < -0.3 is 29.7 Å². The topological polar surface area (TPSA) is 70.6 Å². The molecule has 2 fully saturated rings. The Morgan fingerprint density at radius 1 is 1.13 bits per heavy atom. The lowest BCUT2D eigenvalue weighted by molar-refractivity contribution is 0.0394. The van der Waals surface area contributed by atoms with Gasteiger partial charge in [-0.05, 0) is 13.3 Å². The molecule has 8 nitrogen and oxygen atoms in total. The minimum absolute atomic E-state index is 0. The van der Waals surface area contributed by atoms with E-state index < -0.39 is 0 Å². The van der Waals surface area contributed by atoms with Gasteiger partial charge in [-0.25, -0.2) is 0 Å². The fourth-order valence-corrected chi connectivity index (χ4v) is 3.73. The number of halogens is 1. The standard InChI is InChI=1S/C21H35N5O3.HI/c1-4-22-21(23-6-8-25-9-11-29-12-10-25)24-17-5-7-26(16-17)18-13-19(27-2)15-20(14-18)28-3;/h13-15,17H,4-12,16H2,1-3H3,(H2,22,23,24);1H. The molecule has 0 bridgehead atoms. The van der Waals surface area contributed by atoms with Crippen LogP contribution in [0.2, 0.25) is 0 Å². The SMILES string of the molecule is CCNC(=NCCN1CCOCC1)NC1CCN(c2cc(OC)cc(OC)c2)C1.I. The number of rotatable bonds is 8. The Bertz CT molecular complexity index is 648. The third-order valence-corrected chi connectivity index (χ3v) is 5.36. The Morgan fingerprint density at radius 2 is 1.83 bits per heavy atom. The number of nitrogens with one attached hydrogen (secondary N) is 2. The van der Waals surface area contributed by atoms with E-state index in [9.17, 15) is 0 Å². The van der Waals surface area contributed by atoms with Crippen molar-refractivity contribution in [2.45, 2.75) is 19.4 Å². The summed E-state index contributed by atoms with van der Waals surface area (Å²) in [5.41, 5.74) is 1.12. The first-order chi connectivity index (χ1) is 14.2. The summed E-state index contributed by atoms with van der Waals surface area (Å²) in [5, 5.41) is 6.98. The Balaban J connectivity index is 0.00000320. The quantitative estimate of drug-likeness (QED) is 0.300. The predicted octanol–water partition coefficient (Wildman–Crippen LogP) is 1.79. The van der Waals surface area contributed by atoms with Crippen molar-refractivity contribution in [1.29, 1.82) is 0 Å². The molecular weight excluding hydrogens is 497 g/mol. The largest absolute Gasteiger partial charge is 0.497 e. The lowest BCUT2D eigenvalue weighted by atomic mass is 10.2. The zero-order chi connectivity index (χ0) is 20.5. The maximum atomic E-state index is 5.41. The first-order valence-electron chi connectivity index (χ1n) is 10.5. The van der Waals surface area contributed by atoms with Gasteiger partial charge in [0.1, 0.15) is 11.5 Å². The maximum absolute atomic E-state index is 5.41. The van der Waals surface area contributed by atoms with Crippen LogP contribution in [0.1, 0.15) is 13.3 Å². The molecule has 0 aliphatic carbocycles. The van der Waals surface area contributed by atoms with Crippen molar-refractivity contribution in [2.24, 2.45) is 4.99 Å². The zero-order valence-electron chi connectivity index (χ0n) is 18.4. The molecule has 9 heteroatoms. The fraction of sp³-hybridized carbons (Fsp3) is 0.667.